The van der Waals surface area contributed by atoms with Crippen LogP contribution in [0.4, 0.5) is 0 Å². The first-order chi connectivity index (χ1) is 17.3. The van der Waals surface area contributed by atoms with Crippen LogP contribution < -0.4 is 0 Å². The predicted molar refractivity (Wildman–Crippen MR) is 150 cm³/mol. The van der Waals surface area contributed by atoms with Crippen molar-refractivity contribution in [2.45, 2.75) is 149 Å². The molecule has 0 heterocycles. The molecule has 0 aromatic heterocycles. The lowest BCUT2D eigenvalue weighted by Crippen LogP contribution is -2.49. The molecule has 6 aliphatic carbocycles. The van der Waals surface area contributed by atoms with E-state index in [2.05, 4.69) is 13.8 Å². The topological polar surface area (TPSA) is 0 Å². The van der Waals surface area contributed by atoms with Gasteiger partial charge in [-0.15, -0.1) is 0 Å². The van der Waals surface area contributed by atoms with Gasteiger partial charge in [0.15, 0.2) is 0 Å². The van der Waals surface area contributed by atoms with Crippen molar-refractivity contribution < 1.29 is 0 Å². The van der Waals surface area contributed by atoms with E-state index < -0.39 is 0 Å². The van der Waals surface area contributed by atoms with Crippen molar-refractivity contribution in [2.24, 2.45) is 71.0 Å². The van der Waals surface area contributed by atoms with Gasteiger partial charge in [-0.2, -0.15) is 0 Å². The van der Waals surface area contributed by atoms with Gasteiger partial charge in [-0.05, 0) is 77.4 Å². The molecule has 0 nitrogen and oxygen atoms in total. The van der Waals surface area contributed by atoms with Gasteiger partial charge in [0.1, 0.15) is 0 Å². The van der Waals surface area contributed by atoms with Crippen LogP contribution in [0.2, 0.25) is 0 Å². The molecule has 6 rings (SSSR count). The third-order valence-corrected chi connectivity index (χ3v) is 13.9. The Balaban J connectivity index is 1.31. The molecule has 0 bridgehead atoms. The molecule has 6 unspecified atom stereocenters. The van der Waals surface area contributed by atoms with Gasteiger partial charge in [0.25, 0.3) is 0 Å². The summed E-state index contributed by atoms with van der Waals surface area (Å²) in [5, 5.41) is 0. The molecule has 0 aliphatic heterocycles. The van der Waals surface area contributed by atoms with Crippen molar-refractivity contribution in [3.8, 4) is 0 Å². The highest BCUT2D eigenvalue weighted by Gasteiger charge is 2.51. The first-order valence-electron chi connectivity index (χ1n) is 17.3. The van der Waals surface area contributed by atoms with Crippen LogP contribution in [0.15, 0.2) is 0 Å². The molecule has 200 valence electrons. The van der Waals surface area contributed by atoms with Crippen LogP contribution in [0, 0.1) is 71.0 Å². The van der Waals surface area contributed by atoms with Crippen molar-refractivity contribution in [1.82, 2.24) is 0 Å². The zero-order valence-corrected chi connectivity index (χ0v) is 23.8. The van der Waals surface area contributed by atoms with Crippen molar-refractivity contribution in [3.05, 3.63) is 0 Å². The fraction of sp³-hybridized carbons (Fsp3) is 1.00. The smallest absolute Gasteiger partial charge is 0.0321 e. The molecule has 0 N–H and O–H groups in total. The quantitative estimate of drug-likeness (QED) is 0.232. The molecule has 6 aliphatic rings. The van der Waals surface area contributed by atoms with Crippen molar-refractivity contribution in [1.29, 1.82) is 0 Å². The lowest BCUT2D eigenvalue weighted by Gasteiger charge is -2.57. The first-order valence-corrected chi connectivity index (χ1v) is 17.3. The summed E-state index contributed by atoms with van der Waals surface area (Å²) in [6, 6.07) is 0. The van der Waals surface area contributed by atoms with Crippen molar-refractivity contribution >= 4 is 0 Å². The van der Waals surface area contributed by atoms with E-state index >= 15 is 0 Å². The van der Waals surface area contributed by atoms with Crippen molar-refractivity contribution in [3.63, 3.8) is 0 Å². The highest BCUT2D eigenvalue weighted by atomic mass is 14.6. The molecule has 0 radical (unpaired) electrons. The van der Waals surface area contributed by atoms with Crippen molar-refractivity contribution in [2.75, 3.05) is 0 Å². The standard InChI is InChI=1S/C35H60/c1-3-30(24-11-5-12-24)32(26-15-7-16-26)23-33(27-17-8-18-27)35(29-21-10-22-29)34(28-19-9-20-28)31(4-2)25-13-6-14-25/h24-35H,3-23H2,1-2H3. The zero-order chi connectivity index (χ0) is 23.8. The molecule has 0 spiro atoms. The second kappa shape index (κ2) is 11.4. The Hall–Kier alpha value is 0. The molecule has 6 saturated carbocycles. The minimum absolute atomic E-state index is 1.08. The van der Waals surface area contributed by atoms with E-state index in [1.54, 1.807) is 122 Å². The zero-order valence-electron chi connectivity index (χ0n) is 23.8. The van der Waals surface area contributed by atoms with E-state index in [4.69, 9.17) is 0 Å². The van der Waals surface area contributed by atoms with Gasteiger partial charge in [0.05, 0.1) is 0 Å². The van der Waals surface area contributed by atoms with Crippen LogP contribution >= 0.6 is 0 Å². The highest BCUT2D eigenvalue weighted by molar-refractivity contribution is 5.01. The van der Waals surface area contributed by atoms with E-state index in [1.807, 2.05) is 0 Å². The van der Waals surface area contributed by atoms with Crippen LogP contribution in [0.1, 0.15) is 149 Å². The maximum Gasteiger partial charge on any atom is -0.0321 e. The van der Waals surface area contributed by atoms with Gasteiger partial charge in [-0.3, -0.25) is 0 Å². The Morgan fingerprint density at radius 3 is 1.03 bits per heavy atom. The molecule has 0 heteroatoms. The Bertz CT molecular complexity index is 641. The Morgan fingerprint density at radius 2 is 0.686 bits per heavy atom. The summed E-state index contributed by atoms with van der Waals surface area (Å²) in [4.78, 5) is 0. The van der Waals surface area contributed by atoms with Crippen LogP contribution in [0.25, 0.3) is 0 Å². The maximum atomic E-state index is 2.60. The average Bonchev–Trinajstić information content (AvgIpc) is 2.63. The third kappa shape index (κ3) is 4.93. The lowest BCUT2D eigenvalue weighted by atomic mass is 9.48. The monoisotopic (exact) mass is 480 g/mol. The second-order valence-electron chi connectivity index (χ2n) is 15.0. The second-order valence-corrected chi connectivity index (χ2v) is 15.0. The molecular formula is C35H60. The Labute approximate surface area is 219 Å². The fourth-order valence-corrected chi connectivity index (χ4v) is 10.6. The highest BCUT2D eigenvalue weighted by Crippen LogP contribution is 2.60. The molecule has 0 aromatic rings. The van der Waals surface area contributed by atoms with E-state index in [0.29, 0.717) is 0 Å². The summed E-state index contributed by atoms with van der Waals surface area (Å²) in [7, 11) is 0. The van der Waals surface area contributed by atoms with Gasteiger partial charge in [-0.25, -0.2) is 0 Å². The summed E-state index contributed by atoms with van der Waals surface area (Å²) >= 11 is 0. The summed E-state index contributed by atoms with van der Waals surface area (Å²) in [5.74, 6) is 13.3. The largest absolute Gasteiger partial charge is 0.0651 e. The van der Waals surface area contributed by atoms with Crippen LogP contribution in [0.3, 0.4) is 0 Å². The molecule has 0 saturated heterocycles. The van der Waals surface area contributed by atoms with Crippen LogP contribution in [-0.2, 0) is 0 Å². The molecule has 35 heavy (non-hydrogen) atoms. The fourth-order valence-electron chi connectivity index (χ4n) is 10.6. The van der Waals surface area contributed by atoms with Gasteiger partial charge >= 0.3 is 0 Å². The average molecular weight is 481 g/mol. The van der Waals surface area contributed by atoms with Gasteiger partial charge in [0, 0.05) is 0 Å². The molecular weight excluding hydrogens is 420 g/mol. The minimum Gasteiger partial charge on any atom is -0.0651 e. The van der Waals surface area contributed by atoms with Crippen LogP contribution in [0.5, 0.6) is 0 Å². The summed E-state index contributed by atoms with van der Waals surface area (Å²) in [6.45, 7) is 5.18. The Morgan fingerprint density at radius 1 is 0.371 bits per heavy atom. The van der Waals surface area contributed by atoms with Crippen LogP contribution in [-0.4, -0.2) is 0 Å². The lowest BCUT2D eigenvalue weighted by molar-refractivity contribution is -0.0756. The molecule has 0 aromatic carbocycles. The summed E-state index contributed by atoms with van der Waals surface area (Å²) < 4.78 is 0. The third-order valence-electron chi connectivity index (χ3n) is 13.9. The summed E-state index contributed by atoms with van der Waals surface area (Å²) in [6.07, 6.45) is 33.1. The molecule has 6 fully saturated rings. The first kappa shape index (κ1) is 25.3. The van der Waals surface area contributed by atoms with E-state index in [1.165, 1.54) is 12.8 Å². The van der Waals surface area contributed by atoms with E-state index in [0.717, 1.165) is 71.0 Å². The molecule has 0 amide bonds. The van der Waals surface area contributed by atoms with E-state index in [9.17, 15) is 0 Å². The normalized spacial score (nSPS) is 32.1. The number of hydrogen-bond donors (Lipinski definition) is 0. The predicted octanol–water partition coefficient (Wildman–Crippen LogP) is 10.7. The van der Waals surface area contributed by atoms with Gasteiger partial charge in [0.2, 0.25) is 0 Å². The van der Waals surface area contributed by atoms with Gasteiger partial charge < -0.3 is 0 Å². The maximum absolute atomic E-state index is 2.60. The minimum atomic E-state index is 1.08. The summed E-state index contributed by atoms with van der Waals surface area (Å²) in [5.41, 5.74) is 0. The number of hydrogen-bond acceptors (Lipinski definition) is 0. The Kier molecular flexibility index (Phi) is 8.23. The SMILES string of the molecule is CCC(C1CCC1)C(CC(C1CCC1)C(C1CCC1)C(C1CCC1)C(CC)C1CCC1)C1CCC1. The molecule has 6 atom stereocenters. The van der Waals surface area contributed by atoms with E-state index in [-0.39, 0.29) is 0 Å². The van der Waals surface area contributed by atoms with Gasteiger partial charge in [-0.1, -0.05) is 142 Å². The number of rotatable bonds is 14.